The molecule has 2 aromatic carbocycles. The molecule has 2 aromatic rings. The third kappa shape index (κ3) is 4.93. The Hall–Kier alpha value is -3.26. The van der Waals surface area contributed by atoms with Gasteiger partial charge in [0.25, 0.3) is 11.1 Å². The summed E-state index contributed by atoms with van der Waals surface area (Å²) in [6.07, 6.45) is 2.80. The molecule has 0 saturated carbocycles. The number of hydrogen-bond donors (Lipinski definition) is 1. The van der Waals surface area contributed by atoms with Crippen LogP contribution >= 0.6 is 11.8 Å². The van der Waals surface area contributed by atoms with E-state index in [2.05, 4.69) is 50.2 Å². The number of nitrogens with zero attached hydrogens (tertiary/aromatic N) is 2. The van der Waals surface area contributed by atoms with Gasteiger partial charge < -0.3 is 15.0 Å². The van der Waals surface area contributed by atoms with Gasteiger partial charge in [0.05, 0.1) is 12.0 Å². The molecule has 35 heavy (non-hydrogen) atoms. The molecule has 3 amide bonds. The van der Waals surface area contributed by atoms with E-state index in [9.17, 15) is 14.4 Å². The third-order valence-electron chi connectivity index (χ3n) is 6.86. The van der Waals surface area contributed by atoms with Gasteiger partial charge in [0.15, 0.2) is 0 Å². The fraction of sp³-hybridized carbons (Fsp3) is 0.370. The first kappa shape index (κ1) is 24.9. The van der Waals surface area contributed by atoms with Crippen molar-refractivity contribution >= 4 is 46.3 Å². The molecule has 0 aliphatic carbocycles. The van der Waals surface area contributed by atoms with Crippen LogP contribution in [-0.4, -0.2) is 48.2 Å². The molecule has 1 atom stereocenters. The molecule has 1 saturated heterocycles. The van der Waals surface area contributed by atoms with Gasteiger partial charge in [-0.1, -0.05) is 6.92 Å². The fourth-order valence-electron chi connectivity index (χ4n) is 4.69. The number of methoxy groups -OCH3 is 1. The van der Waals surface area contributed by atoms with Crippen LogP contribution < -0.4 is 15.0 Å². The molecule has 0 unspecified atom stereocenters. The van der Waals surface area contributed by atoms with Crippen molar-refractivity contribution in [1.82, 2.24) is 4.90 Å². The lowest BCUT2D eigenvalue weighted by Gasteiger charge is -2.45. The Balaban J connectivity index is 1.52. The molecule has 1 fully saturated rings. The molecule has 0 bridgehead atoms. The molecule has 184 valence electrons. The van der Waals surface area contributed by atoms with Gasteiger partial charge in [0.2, 0.25) is 5.91 Å². The lowest BCUT2D eigenvalue weighted by Crippen LogP contribution is -2.45. The van der Waals surface area contributed by atoms with Crippen LogP contribution in [0.3, 0.4) is 0 Å². The Labute approximate surface area is 210 Å². The van der Waals surface area contributed by atoms with Gasteiger partial charge in [0.1, 0.15) is 12.3 Å². The normalized spacial score (nSPS) is 20.3. The summed E-state index contributed by atoms with van der Waals surface area (Å²) in [6.45, 7) is 8.39. The van der Waals surface area contributed by atoms with E-state index < -0.39 is 17.1 Å². The summed E-state index contributed by atoms with van der Waals surface area (Å²) in [5.41, 5.74) is 5.01. The quantitative estimate of drug-likeness (QED) is 0.562. The highest BCUT2D eigenvalue weighted by Gasteiger charge is 2.37. The first-order valence-electron chi connectivity index (χ1n) is 11.6. The zero-order chi connectivity index (χ0) is 25.5. The average Bonchev–Trinajstić information content (AvgIpc) is 3.06. The summed E-state index contributed by atoms with van der Waals surface area (Å²) < 4.78 is 5.11. The molecular formula is C27H31N3O4S. The van der Waals surface area contributed by atoms with E-state index in [1.165, 1.54) is 11.3 Å². The Kier molecular flexibility index (Phi) is 6.68. The van der Waals surface area contributed by atoms with Gasteiger partial charge in [-0.25, -0.2) is 0 Å². The van der Waals surface area contributed by atoms with Crippen molar-refractivity contribution in [2.45, 2.75) is 45.6 Å². The van der Waals surface area contributed by atoms with Crippen LogP contribution in [0.4, 0.5) is 16.2 Å². The van der Waals surface area contributed by atoms with E-state index in [4.69, 9.17) is 4.74 Å². The van der Waals surface area contributed by atoms with E-state index in [-0.39, 0.29) is 12.1 Å². The third-order valence-corrected chi connectivity index (χ3v) is 7.76. The monoisotopic (exact) mass is 493 g/mol. The van der Waals surface area contributed by atoms with Crippen LogP contribution in [0.1, 0.15) is 49.8 Å². The van der Waals surface area contributed by atoms with Crippen LogP contribution in [0.5, 0.6) is 5.75 Å². The van der Waals surface area contributed by atoms with Gasteiger partial charge in [-0.15, -0.1) is 0 Å². The van der Waals surface area contributed by atoms with Gasteiger partial charge in [-0.2, -0.15) is 0 Å². The maximum Gasteiger partial charge on any atom is 0.294 e. The number of ether oxygens (including phenoxy) is 1. The molecule has 0 spiro atoms. The van der Waals surface area contributed by atoms with E-state index >= 15 is 0 Å². The summed E-state index contributed by atoms with van der Waals surface area (Å²) >= 11 is 0.869. The number of carbonyl (C=O) groups is 3. The minimum atomic E-state index is -0.451. The molecule has 2 aliphatic rings. The largest absolute Gasteiger partial charge is 0.497 e. The molecule has 7 nitrogen and oxygen atoms in total. The molecule has 1 N–H and O–H groups in total. The maximum atomic E-state index is 13.0. The number of fused-ring (bicyclic) bond motifs is 1. The van der Waals surface area contributed by atoms with E-state index in [0.717, 1.165) is 34.2 Å². The molecule has 0 aromatic heterocycles. The lowest BCUT2D eigenvalue weighted by molar-refractivity contribution is -0.127. The zero-order valence-corrected chi connectivity index (χ0v) is 21.8. The highest BCUT2D eigenvalue weighted by atomic mass is 32.2. The summed E-state index contributed by atoms with van der Waals surface area (Å²) in [5, 5.41) is 2.26. The average molecular weight is 494 g/mol. The first-order valence-corrected chi connectivity index (χ1v) is 12.4. The Bertz CT molecular complexity index is 1220. The molecule has 4 rings (SSSR count). The number of carbonyl (C=O) groups excluding carboxylic acids is 3. The van der Waals surface area contributed by atoms with Crippen molar-refractivity contribution in [3.05, 3.63) is 58.0 Å². The second-order valence-electron chi connectivity index (χ2n) is 9.79. The Morgan fingerprint density at radius 2 is 1.91 bits per heavy atom. The molecule has 2 aliphatic heterocycles. The van der Waals surface area contributed by atoms with Crippen molar-refractivity contribution in [3.8, 4) is 5.75 Å². The van der Waals surface area contributed by atoms with Crippen LogP contribution in [-0.2, 0) is 9.59 Å². The summed E-state index contributed by atoms with van der Waals surface area (Å²) in [5.74, 6) is 0.151. The van der Waals surface area contributed by atoms with Crippen molar-refractivity contribution in [1.29, 1.82) is 0 Å². The summed E-state index contributed by atoms with van der Waals surface area (Å²) in [7, 11) is 3.68. The van der Waals surface area contributed by atoms with Crippen molar-refractivity contribution < 1.29 is 19.1 Å². The zero-order valence-electron chi connectivity index (χ0n) is 21.0. The highest BCUT2D eigenvalue weighted by Crippen LogP contribution is 2.44. The van der Waals surface area contributed by atoms with Gasteiger partial charge >= 0.3 is 0 Å². The number of rotatable bonds is 5. The minimum Gasteiger partial charge on any atom is -0.497 e. The van der Waals surface area contributed by atoms with Crippen molar-refractivity contribution in [3.63, 3.8) is 0 Å². The minimum absolute atomic E-state index is 0.0649. The number of hydrogen-bond acceptors (Lipinski definition) is 6. The first-order chi connectivity index (χ1) is 16.5. The molecule has 0 radical (unpaired) electrons. The van der Waals surface area contributed by atoms with Crippen LogP contribution in [0.15, 0.2) is 41.3 Å². The fourth-order valence-corrected chi connectivity index (χ4v) is 5.52. The number of thioether (sulfide) groups is 1. The molecule has 8 heteroatoms. The number of benzene rings is 2. The number of aryl methyl sites for hydroxylation is 1. The highest BCUT2D eigenvalue weighted by molar-refractivity contribution is 8.18. The van der Waals surface area contributed by atoms with Crippen molar-refractivity contribution in [2.24, 2.45) is 0 Å². The number of amides is 3. The predicted octanol–water partition coefficient (Wildman–Crippen LogP) is 5.40. The predicted molar refractivity (Wildman–Crippen MR) is 141 cm³/mol. The molecule has 2 heterocycles. The second-order valence-corrected chi connectivity index (χ2v) is 10.8. The van der Waals surface area contributed by atoms with E-state index in [1.807, 2.05) is 6.92 Å². The van der Waals surface area contributed by atoms with Crippen LogP contribution in [0.25, 0.3) is 6.08 Å². The summed E-state index contributed by atoms with van der Waals surface area (Å²) in [6, 6.07) is 11.1. The number of nitrogens with one attached hydrogen (secondary N) is 1. The Morgan fingerprint density at radius 3 is 2.57 bits per heavy atom. The van der Waals surface area contributed by atoms with Crippen molar-refractivity contribution in [2.75, 3.05) is 30.9 Å². The Morgan fingerprint density at radius 1 is 1.23 bits per heavy atom. The van der Waals surface area contributed by atoms with Crippen LogP contribution in [0.2, 0.25) is 0 Å². The number of anilines is 2. The lowest BCUT2D eigenvalue weighted by atomic mass is 9.79. The maximum absolute atomic E-state index is 13.0. The number of imide groups is 1. The van der Waals surface area contributed by atoms with Gasteiger partial charge in [-0.3, -0.25) is 19.3 Å². The molecular weight excluding hydrogens is 462 g/mol. The van der Waals surface area contributed by atoms with E-state index in [1.54, 1.807) is 37.5 Å². The van der Waals surface area contributed by atoms with Gasteiger partial charge in [0, 0.05) is 24.0 Å². The standard InChI is InChI=1S/C27H31N3O4S/c1-16-11-22-21(17(2)14-27(3,4)29(22)5)12-18(16)13-23-25(32)30(26(33)35-23)15-24(31)28-19-7-9-20(34-6)10-8-19/h7-13,17H,14-15H2,1-6H3,(H,28,31)/b23-13-/t17-/m1/s1. The summed E-state index contributed by atoms with van der Waals surface area (Å²) in [4.78, 5) is 41.7. The second kappa shape index (κ2) is 9.41. The van der Waals surface area contributed by atoms with Gasteiger partial charge in [-0.05, 0) is 104 Å². The SMILES string of the molecule is COc1ccc(NC(=O)CN2C(=O)S/C(=C\c3cc4c(cc3C)N(C)C(C)(C)C[C@H]4C)C2=O)cc1. The topological polar surface area (TPSA) is 79.0 Å². The van der Waals surface area contributed by atoms with E-state index in [0.29, 0.717) is 22.3 Å². The van der Waals surface area contributed by atoms with Crippen LogP contribution in [0, 0.1) is 6.92 Å². The smallest absolute Gasteiger partial charge is 0.294 e.